The lowest BCUT2D eigenvalue weighted by Crippen LogP contribution is -2.32. The van der Waals surface area contributed by atoms with Crippen LogP contribution in [-0.2, 0) is 5.41 Å². The first-order valence-electron chi connectivity index (χ1n) is 19.7. The number of ether oxygens (including phenoxy) is 1. The minimum absolute atomic E-state index is 0.510. The Hall–Kier alpha value is -7.42. The van der Waals surface area contributed by atoms with Crippen molar-refractivity contribution in [3.05, 3.63) is 235 Å². The van der Waals surface area contributed by atoms with Gasteiger partial charge in [-0.3, -0.25) is 0 Å². The van der Waals surface area contributed by atoms with E-state index in [1.165, 1.54) is 65.7 Å². The van der Waals surface area contributed by atoms with Gasteiger partial charge < -0.3 is 9.64 Å². The molecule has 0 bridgehead atoms. The summed E-state index contributed by atoms with van der Waals surface area (Å²) in [5.41, 5.74) is 12.5. The number of anilines is 3. The van der Waals surface area contributed by atoms with Crippen molar-refractivity contribution in [2.75, 3.05) is 4.90 Å². The maximum absolute atomic E-state index is 6.97. The molecule has 0 radical (unpaired) electrons. The highest BCUT2D eigenvalue weighted by atomic mass is 16.5. The van der Waals surface area contributed by atoms with Gasteiger partial charge in [0.2, 0.25) is 0 Å². The van der Waals surface area contributed by atoms with Crippen molar-refractivity contribution in [3.8, 4) is 33.8 Å². The van der Waals surface area contributed by atoms with Gasteiger partial charge in [-0.1, -0.05) is 170 Å². The second-order valence-corrected chi connectivity index (χ2v) is 15.2. The number of para-hydroxylation sites is 3. The van der Waals surface area contributed by atoms with Crippen molar-refractivity contribution >= 4 is 49.4 Å². The van der Waals surface area contributed by atoms with E-state index in [1.54, 1.807) is 0 Å². The van der Waals surface area contributed by atoms with E-state index in [0.717, 1.165) is 39.7 Å². The van der Waals surface area contributed by atoms with Crippen LogP contribution in [0.4, 0.5) is 17.1 Å². The number of hydrogen-bond acceptors (Lipinski definition) is 2. The Balaban J connectivity index is 1.08. The smallest absolute Gasteiger partial charge is 0.134 e. The van der Waals surface area contributed by atoms with Crippen LogP contribution >= 0.6 is 0 Å². The molecular weight excluding hydrogens is 691 g/mol. The van der Waals surface area contributed by atoms with Crippen molar-refractivity contribution in [1.29, 1.82) is 0 Å². The molecule has 0 saturated heterocycles. The zero-order valence-corrected chi connectivity index (χ0v) is 31.1. The quantitative estimate of drug-likeness (QED) is 0.168. The SMILES string of the molecule is c1ccc(N(c2ccc3c(c2)Oc2ccccc2C32c3ccccc3-c3ccccc32)c2ccccc2-c2ccc3c4ccccc4c4ccccc4c3c2)cc1. The minimum atomic E-state index is -0.510. The number of fused-ring (bicyclic) bond motifs is 15. The van der Waals surface area contributed by atoms with Gasteiger partial charge in [0.05, 0.1) is 11.1 Å². The number of hydrogen-bond donors (Lipinski definition) is 0. The predicted octanol–water partition coefficient (Wildman–Crippen LogP) is 14.8. The second-order valence-electron chi connectivity index (χ2n) is 15.2. The molecule has 0 atom stereocenters. The van der Waals surface area contributed by atoms with Gasteiger partial charge in [-0.15, -0.1) is 0 Å². The van der Waals surface area contributed by atoms with Crippen LogP contribution in [0.2, 0.25) is 0 Å². The average molecular weight is 726 g/mol. The Kier molecular flexibility index (Phi) is 6.88. The van der Waals surface area contributed by atoms with E-state index in [2.05, 4.69) is 217 Å². The molecule has 1 aliphatic carbocycles. The number of nitrogens with zero attached hydrogens (tertiary/aromatic N) is 1. The van der Waals surface area contributed by atoms with Crippen molar-refractivity contribution in [1.82, 2.24) is 0 Å². The fraction of sp³-hybridized carbons (Fsp3) is 0.0182. The molecule has 1 heterocycles. The molecule has 0 N–H and O–H groups in total. The van der Waals surface area contributed by atoms with E-state index in [-0.39, 0.29) is 0 Å². The molecule has 2 nitrogen and oxygen atoms in total. The third-order valence-electron chi connectivity index (χ3n) is 12.3. The third kappa shape index (κ3) is 4.53. The van der Waals surface area contributed by atoms with Crippen LogP contribution in [0.5, 0.6) is 11.5 Å². The highest BCUT2D eigenvalue weighted by Gasteiger charge is 2.51. The van der Waals surface area contributed by atoms with Crippen LogP contribution in [0.1, 0.15) is 22.3 Å². The Morgan fingerprint density at radius 2 is 0.825 bits per heavy atom. The zero-order valence-electron chi connectivity index (χ0n) is 31.1. The summed E-state index contributed by atoms with van der Waals surface area (Å²) in [5, 5.41) is 7.62. The fourth-order valence-corrected chi connectivity index (χ4v) is 9.98. The number of benzene rings is 10. The lowest BCUT2D eigenvalue weighted by molar-refractivity contribution is 0.436. The maximum atomic E-state index is 6.97. The van der Waals surface area contributed by atoms with E-state index in [9.17, 15) is 0 Å². The van der Waals surface area contributed by atoms with Gasteiger partial charge in [-0.2, -0.15) is 0 Å². The first-order valence-corrected chi connectivity index (χ1v) is 19.7. The molecular formula is C55H35NO. The Labute approximate surface area is 331 Å². The molecule has 10 aromatic rings. The van der Waals surface area contributed by atoms with E-state index < -0.39 is 5.41 Å². The van der Waals surface area contributed by atoms with E-state index in [4.69, 9.17) is 4.74 Å². The Morgan fingerprint density at radius 3 is 1.51 bits per heavy atom. The van der Waals surface area contributed by atoms with Crippen LogP contribution in [0.25, 0.3) is 54.6 Å². The summed E-state index contributed by atoms with van der Waals surface area (Å²) in [6.45, 7) is 0. The molecule has 12 rings (SSSR count). The van der Waals surface area contributed by atoms with E-state index in [0.29, 0.717) is 0 Å². The summed E-state index contributed by atoms with van der Waals surface area (Å²) in [5.74, 6) is 1.75. The monoisotopic (exact) mass is 725 g/mol. The summed E-state index contributed by atoms with van der Waals surface area (Å²) in [4.78, 5) is 2.38. The lowest BCUT2D eigenvalue weighted by Gasteiger charge is -2.40. The molecule has 1 spiro atoms. The van der Waals surface area contributed by atoms with Crippen molar-refractivity contribution in [2.45, 2.75) is 5.41 Å². The lowest BCUT2D eigenvalue weighted by atomic mass is 9.66. The summed E-state index contributed by atoms with van der Waals surface area (Å²) >= 11 is 0. The fourth-order valence-electron chi connectivity index (χ4n) is 9.98. The van der Waals surface area contributed by atoms with Gasteiger partial charge in [-0.05, 0) is 96.5 Å². The molecule has 1 aliphatic heterocycles. The van der Waals surface area contributed by atoms with Crippen LogP contribution < -0.4 is 9.64 Å². The maximum Gasteiger partial charge on any atom is 0.134 e. The topological polar surface area (TPSA) is 12.5 Å². The summed E-state index contributed by atoms with van der Waals surface area (Å²) in [7, 11) is 0. The second kappa shape index (κ2) is 12.3. The normalized spacial score (nSPS) is 13.2. The van der Waals surface area contributed by atoms with Crippen LogP contribution in [0.15, 0.2) is 212 Å². The average Bonchev–Trinajstić information content (AvgIpc) is 3.57. The largest absolute Gasteiger partial charge is 0.457 e. The van der Waals surface area contributed by atoms with Gasteiger partial charge in [0.15, 0.2) is 0 Å². The van der Waals surface area contributed by atoms with Gasteiger partial charge in [0, 0.05) is 34.1 Å². The zero-order chi connectivity index (χ0) is 37.5. The summed E-state index contributed by atoms with van der Waals surface area (Å²) in [6, 6.07) is 77.2. The van der Waals surface area contributed by atoms with Gasteiger partial charge in [0.1, 0.15) is 11.5 Å². The highest BCUT2D eigenvalue weighted by Crippen LogP contribution is 2.62. The molecule has 266 valence electrons. The van der Waals surface area contributed by atoms with Gasteiger partial charge in [-0.25, -0.2) is 0 Å². The minimum Gasteiger partial charge on any atom is -0.457 e. The molecule has 0 aromatic heterocycles. The Bertz CT molecular complexity index is 3150. The predicted molar refractivity (Wildman–Crippen MR) is 236 cm³/mol. The van der Waals surface area contributed by atoms with Gasteiger partial charge >= 0.3 is 0 Å². The molecule has 57 heavy (non-hydrogen) atoms. The molecule has 0 unspecified atom stereocenters. The summed E-state index contributed by atoms with van der Waals surface area (Å²) < 4.78 is 6.97. The number of rotatable bonds is 4. The van der Waals surface area contributed by atoms with Crippen molar-refractivity contribution in [3.63, 3.8) is 0 Å². The van der Waals surface area contributed by atoms with Crippen LogP contribution in [-0.4, -0.2) is 0 Å². The van der Waals surface area contributed by atoms with Crippen molar-refractivity contribution in [2.24, 2.45) is 0 Å². The summed E-state index contributed by atoms with van der Waals surface area (Å²) in [6.07, 6.45) is 0. The third-order valence-corrected chi connectivity index (χ3v) is 12.3. The molecule has 2 aliphatic rings. The van der Waals surface area contributed by atoms with E-state index in [1.807, 2.05) is 0 Å². The molecule has 10 aromatic carbocycles. The first-order chi connectivity index (χ1) is 28.3. The highest BCUT2D eigenvalue weighted by molar-refractivity contribution is 6.25. The van der Waals surface area contributed by atoms with Crippen LogP contribution in [0, 0.1) is 0 Å². The Morgan fingerprint density at radius 1 is 0.316 bits per heavy atom. The van der Waals surface area contributed by atoms with Crippen LogP contribution in [0.3, 0.4) is 0 Å². The molecule has 0 saturated carbocycles. The molecule has 0 fully saturated rings. The molecule has 2 heteroatoms. The van der Waals surface area contributed by atoms with E-state index >= 15 is 0 Å². The van der Waals surface area contributed by atoms with Gasteiger partial charge in [0.25, 0.3) is 0 Å². The first kappa shape index (κ1) is 31.9. The standard InChI is InChI=1S/C55H35NO/c1-2-16-37(17-3-1)56(52-28-14-10-18-39(52)36-30-32-44-42-21-5-4-19-40(42)41-20-6-7-22-43(41)47(44)34-36)38-31-33-51-54(35-38)57-53-29-15-13-27-50(53)55(51)48-25-11-8-23-45(48)46-24-9-12-26-49(46)55/h1-35H. The molecule has 0 amide bonds. The van der Waals surface area contributed by atoms with Crippen molar-refractivity contribution < 1.29 is 4.74 Å².